The topological polar surface area (TPSA) is 28.2 Å². The van der Waals surface area contributed by atoms with Gasteiger partial charge in [-0.2, -0.15) is 0 Å². The molecule has 0 spiro atoms. The lowest BCUT2D eigenvalue weighted by Gasteiger charge is -2.36. The van der Waals surface area contributed by atoms with Crippen LogP contribution in [-0.4, -0.2) is 29.5 Å². The van der Waals surface area contributed by atoms with Gasteiger partial charge in [-0.15, -0.1) is 11.3 Å². The molecule has 1 saturated heterocycles. The number of hydrogen-bond acceptors (Lipinski definition) is 4. The first-order valence-electron chi connectivity index (χ1n) is 7.78. The minimum absolute atomic E-state index is 0.167. The van der Waals surface area contributed by atoms with E-state index in [0.29, 0.717) is 5.92 Å². The third-order valence-electron chi connectivity index (χ3n) is 4.07. The van der Waals surface area contributed by atoms with Crippen LogP contribution < -0.4 is 5.32 Å². The van der Waals surface area contributed by atoms with Gasteiger partial charge < -0.3 is 5.32 Å². The largest absolute Gasteiger partial charge is 0.314 e. The van der Waals surface area contributed by atoms with Crippen molar-refractivity contribution in [1.29, 1.82) is 0 Å². The Kier molecular flexibility index (Phi) is 4.86. The fourth-order valence-electron chi connectivity index (χ4n) is 2.82. The zero-order valence-corrected chi connectivity index (χ0v) is 13.9. The van der Waals surface area contributed by atoms with E-state index in [1.807, 2.05) is 12.3 Å². The maximum absolute atomic E-state index is 13.5. The Labute approximate surface area is 135 Å². The molecule has 1 N–H and O–H groups in total. The molecule has 3 nitrogen and oxygen atoms in total. The van der Waals surface area contributed by atoms with Crippen molar-refractivity contribution in [2.24, 2.45) is 0 Å². The quantitative estimate of drug-likeness (QED) is 0.934. The standard InChI is InChI=1S/C17H22FN3S/c1-12(2)16-10-20-17(22-16)11-21-7-6-19-9-15(21)13-4-3-5-14(18)8-13/h3-5,8,10,12,15,19H,6-7,9,11H2,1-2H3. The lowest BCUT2D eigenvalue weighted by Crippen LogP contribution is -2.45. The first-order valence-corrected chi connectivity index (χ1v) is 8.60. The summed E-state index contributed by atoms with van der Waals surface area (Å²) in [5, 5.41) is 4.56. The molecule has 1 aromatic heterocycles. The second-order valence-corrected chi connectivity index (χ2v) is 7.20. The molecule has 118 valence electrons. The Bertz CT molecular complexity index is 626. The van der Waals surface area contributed by atoms with E-state index in [0.717, 1.165) is 36.8 Å². The summed E-state index contributed by atoms with van der Waals surface area (Å²) in [6, 6.07) is 7.15. The molecule has 0 bridgehead atoms. The average Bonchev–Trinajstić information content (AvgIpc) is 2.97. The van der Waals surface area contributed by atoms with E-state index in [-0.39, 0.29) is 11.9 Å². The first-order chi connectivity index (χ1) is 10.6. The van der Waals surface area contributed by atoms with Crippen LogP contribution in [-0.2, 0) is 6.54 Å². The molecule has 0 amide bonds. The normalized spacial score (nSPS) is 19.7. The van der Waals surface area contributed by atoms with Crippen LogP contribution in [0.5, 0.6) is 0 Å². The number of benzene rings is 1. The lowest BCUT2D eigenvalue weighted by molar-refractivity contribution is 0.153. The molecule has 1 unspecified atom stereocenters. The van der Waals surface area contributed by atoms with Gasteiger partial charge >= 0.3 is 0 Å². The Hall–Kier alpha value is -1.30. The van der Waals surface area contributed by atoms with Gasteiger partial charge in [-0.05, 0) is 23.6 Å². The predicted octanol–water partition coefficient (Wildman–Crippen LogP) is 3.55. The Balaban J connectivity index is 1.77. The summed E-state index contributed by atoms with van der Waals surface area (Å²) in [6.07, 6.45) is 1.99. The number of aromatic nitrogens is 1. The molecule has 1 atom stereocenters. The molecule has 3 rings (SSSR count). The van der Waals surface area contributed by atoms with E-state index in [1.165, 1.54) is 10.9 Å². The first kappa shape index (κ1) is 15.6. The molecule has 0 radical (unpaired) electrons. The van der Waals surface area contributed by atoms with Gasteiger partial charge in [-0.25, -0.2) is 9.37 Å². The van der Waals surface area contributed by atoms with Crippen LogP contribution >= 0.6 is 11.3 Å². The smallest absolute Gasteiger partial charge is 0.123 e. The van der Waals surface area contributed by atoms with Crippen molar-refractivity contribution < 1.29 is 4.39 Å². The average molecular weight is 319 g/mol. The number of nitrogens with one attached hydrogen (secondary N) is 1. The SMILES string of the molecule is CC(C)c1cnc(CN2CCNCC2c2cccc(F)c2)s1. The molecule has 5 heteroatoms. The molecule has 1 aliphatic heterocycles. The second-order valence-electron chi connectivity index (χ2n) is 6.06. The third-order valence-corrected chi connectivity index (χ3v) is 5.35. The van der Waals surface area contributed by atoms with E-state index in [4.69, 9.17) is 0 Å². The summed E-state index contributed by atoms with van der Waals surface area (Å²) in [4.78, 5) is 8.28. The minimum atomic E-state index is -0.167. The van der Waals surface area contributed by atoms with Crippen molar-refractivity contribution in [3.63, 3.8) is 0 Å². The van der Waals surface area contributed by atoms with Crippen molar-refractivity contribution in [1.82, 2.24) is 15.2 Å². The summed E-state index contributed by atoms with van der Waals surface area (Å²) in [6.45, 7) is 7.99. The van der Waals surface area contributed by atoms with E-state index in [2.05, 4.69) is 29.0 Å². The number of piperazine rings is 1. The fourth-order valence-corrected chi connectivity index (χ4v) is 3.77. The maximum Gasteiger partial charge on any atom is 0.123 e. The number of hydrogen-bond donors (Lipinski definition) is 1. The summed E-state index contributed by atoms with van der Waals surface area (Å²) in [5.41, 5.74) is 1.04. The number of halogens is 1. The highest BCUT2D eigenvalue weighted by atomic mass is 32.1. The highest BCUT2D eigenvalue weighted by Crippen LogP contribution is 2.27. The van der Waals surface area contributed by atoms with Crippen molar-refractivity contribution in [2.45, 2.75) is 32.4 Å². The minimum Gasteiger partial charge on any atom is -0.314 e. The number of thiazole rings is 1. The zero-order chi connectivity index (χ0) is 15.5. The van der Waals surface area contributed by atoms with Crippen molar-refractivity contribution in [2.75, 3.05) is 19.6 Å². The summed E-state index contributed by atoms with van der Waals surface area (Å²) >= 11 is 1.79. The second kappa shape index (κ2) is 6.86. The molecule has 2 aromatic rings. The molecular formula is C17H22FN3S. The molecule has 1 aliphatic rings. The number of nitrogens with zero attached hydrogens (tertiary/aromatic N) is 2. The fraction of sp³-hybridized carbons (Fsp3) is 0.471. The van der Waals surface area contributed by atoms with E-state index in [1.54, 1.807) is 23.5 Å². The van der Waals surface area contributed by atoms with Gasteiger partial charge in [0, 0.05) is 36.8 Å². The molecular weight excluding hydrogens is 297 g/mol. The molecule has 1 fully saturated rings. The van der Waals surface area contributed by atoms with Crippen molar-refractivity contribution in [3.05, 3.63) is 51.7 Å². The van der Waals surface area contributed by atoms with Crippen LogP contribution in [0.25, 0.3) is 0 Å². The molecule has 22 heavy (non-hydrogen) atoms. The van der Waals surface area contributed by atoms with E-state index >= 15 is 0 Å². The van der Waals surface area contributed by atoms with Crippen molar-refractivity contribution >= 4 is 11.3 Å². The van der Waals surface area contributed by atoms with Gasteiger partial charge in [0.15, 0.2) is 0 Å². The third kappa shape index (κ3) is 3.54. The predicted molar refractivity (Wildman–Crippen MR) is 88.6 cm³/mol. The van der Waals surface area contributed by atoms with Crippen LogP contribution in [0.3, 0.4) is 0 Å². The summed E-state index contributed by atoms with van der Waals surface area (Å²) < 4.78 is 13.5. The lowest BCUT2D eigenvalue weighted by atomic mass is 10.0. The Morgan fingerprint density at radius 3 is 3.05 bits per heavy atom. The van der Waals surface area contributed by atoms with Crippen LogP contribution in [0.15, 0.2) is 30.5 Å². The summed E-state index contributed by atoms with van der Waals surface area (Å²) in [5.74, 6) is 0.354. The van der Waals surface area contributed by atoms with Gasteiger partial charge in [0.05, 0.1) is 6.54 Å². The Morgan fingerprint density at radius 1 is 1.45 bits per heavy atom. The molecule has 2 heterocycles. The van der Waals surface area contributed by atoms with Crippen LogP contribution in [0, 0.1) is 5.82 Å². The van der Waals surface area contributed by atoms with Gasteiger partial charge in [0.1, 0.15) is 10.8 Å². The van der Waals surface area contributed by atoms with E-state index in [9.17, 15) is 4.39 Å². The molecule has 0 saturated carbocycles. The highest BCUT2D eigenvalue weighted by molar-refractivity contribution is 7.11. The van der Waals surface area contributed by atoms with Crippen LogP contribution in [0.1, 0.15) is 41.3 Å². The van der Waals surface area contributed by atoms with Gasteiger partial charge in [0.25, 0.3) is 0 Å². The van der Waals surface area contributed by atoms with E-state index < -0.39 is 0 Å². The highest BCUT2D eigenvalue weighted by Gasteiger charge is 2.25. The number of rotatable bonds is 4. The zero-order valence-electron chi connectivity index (χ0n) is 13.1. The maximum atomic E-state index is 13.5. The van der Waals surface area contributed by atoms with Gasteiger partial charge in [-0.3, -0.25) is 4.90 Å². The molecule has 0 aliphatic carbocycles. The van der Waals surface area contributed by atoms with Crippen molar-refractivity contribution in [3.8, 4) is 0 Å². The summed E-state index contributed by atoms with van der Waals surface area (Å²) in [7, 11) is 0. The van der Waals surface area contributed by atoms with Gasteiger partial charge in [0.2, 0.25) is 0 Å². The van der Waals surface area contributed by atoms with Crippen LogP contribution in [0.4, 0.5) is 4.39 Å². The Morgan fingerprint density at radius 2 is 2.32 bits per heavy atom. The van der Waals surface area contributed by atoms with Gasteiger partial charge in [-0.1, -0.05) is 26.0 Å². The monoisotopic (exact) mass is 319 g/mol. The molecule has 1 aromatic carbocycles. The van der Waals surface area contributed by atoms with Crippen LogP contribution in [0.2, 0.25) is 0 Å².